The first kappa shape index (κ1) is 20.3. The lowest BCUT2D eigenvalue weighted by atomic mass is 10.0. The predicted octanol–water partition coefficient (Wildman–Crippen LogP) is 4.02. The lowest BCUT2D eigenvalue weighted by Gasteiger charge is -2.05. The maximum atomic E-state index is 11.8. The van der Waals surface area contributed by atoms with Crippen LogP contribution in [-0.2, 0) is 21.7 Å². The minimum Gasteiger partial charge on any atom is -0.469 e. The molecule has 0 amide bonds. The Morgan fingerprint density at radius 1 is 1.21 bits per heavy atom. The SMILES string of the molecule is COC(=O)Cc1cc(=O)[nH]c(SCc2csc(-c3ccc(C(C)C)cc3)n2)n1. The van der Waals surface area contributed by atoms with Gasteiger partial charge in [0.2, 0.25) is 0 Å². The second-order valence-electron chi connectivity index (χ2n) is 6.50. The fourth-order valence-corrected chi connectivity index (χ4v) is 4.24. The van der Waals surface area contributed by atoms with Crippen molar-refractivity contribution in [3.05, 3.63) is 63.0 Å². The van der Waals surface area contributed by atoms with Crippen molar-refractivity contribution in [1.82, 2.24) is 15.0 Å². The number of aromatic amines is 1. The van der Waals surface area contributed by atoms with Gasteiger partial charge in [-0.15, -0.1) is 11.3 Å². The quantitative estimate of drug-likeness (QED) is 0.356. The molecule has 0 aliphatic rings. The van der Waals surface area contributed by atoms with Crippen molar-refractivity contribution in [1.29, 1.82) is 0 Å². The van der Waals surface area contributed by atoms with E-state index in [1.165, 1.54) is 30.5 Å². The fourth-order valence-electron chi connectivity index (χ4n) is 2.52. The van der Waals surface area contributed by atoms with Crippen LogP contribution in [0.25, 0.3) is 10.6 Å². The van der Waals surface area contributed by atoms with Gasteiger partial charge in [0.1, 0.15) is 5.01 Å². The molecule has 1 N–H and O–H groups in total. The zero-order chi connectivity index (χ0) is 20.1. The number of ether oxygens (including phenoxy) is 1. The standard InChI is InChI=1S/C20H21N3O3S2/c1-12(2)13-4-6-14(7-5-13)19-21-16(10-27-19)11-28-20-22-15(8-17(24)23-20)9-18(25)26-3/h4-8,10,12H,9,11H2,1-3H3,(H,22,23,24). The number of esters is 1. The van der Waals surface area contributed by atoms with Gasteiger partial charge in [0.25, 0.3) is 5.56 Å². The summed E-state index contributed by atoms with van der Waals surface area (Å²) >= 11 is 2.97. The van der Waals surface area contributed by atoms with Crippen molar-refractivity contribution < 1.29 is 9.53 Å². The summed E-state index contributed by atoms with van der Waals surface area (Å²) in [6.45, 7) is 4.35. The molecule has 0 atom stereocenters. The number of thiazole rings is 1. The van der Waals surface area contributed by atoms with Gasteiger partial charge in [-0.3, -0.25) is 9.59 Å². The molecule has 0 fully saturated rings. The maximum Gasteiger partial charge on any atom is 0.311 e. The highest BCUT2D eigenvalue weighted by Gasteiger charge is 2.10. The van der Waals surface area contributed by atoms with Crippen LogP contribution in [0, 0.1) is 0 Å². The van der Waals surface area contributed by atoms with E-state index >= 15 is 0 Å². The third-order valence-electron chi connectivity index (χ3n) is 4.06. The Balaban J connectivity index is 1.67. The summed E-state index contributed by atoms with van der Waals surface area (Å²) < 4.78 is 4.62. The van der Waals surface area contributed by atoms with Crippen molar-refractivity contribution in [3.63, 3.8) is 0 Å². The molecule has 28 heavy (non-hydrogen) atoms. The summed E-state index contributed by atoms with van der Waals surface area (Å²) in [6, 6.07) is 9.78. The van der Waals surface area contributed by atoms with Gasteiger partial charge in [-0.2, -0.15) is 0 Å². The minimum absolute atomic E-state index is 0.0266. The molecular formula is C20H21N3O3S2. The van der Waals surface area contributed by atoms with Crippen LogP contribution >= 0.6 is 23.1 Å². The summed E-state index contributed by atoms with van der Waals surface area (Å²) in [5.41, 5.74) is 3.41. The van der Waals surface area contributed by atoms with Gasteiger partial charge < -0.3 is 9.72 Å². The lowest BCUT2D eigenvalue weighted by molar-refractivity contribution is -0.139. The summed E-state index contributed by atoms with van der Waals surface area (Å²) in [5.74, 6) is 0.647. The van der Waals surface area contributed by atoms with E-state index in [9.17, 15) is 9.59 Å². The summed E-state index contributed by atoms with van der Waals surface area (Å²) in [7, 11) is 1.31. The normalized spacial score (nSPS) is 11.0. The van der Waals surface area contributed by atoms with Crippen molar-refractivity contribution in [3.8, 4) is 10.6 Å². The molecule has 0 bridgehead atoms. The Kier molecular flexibility index (Phi) is 6.64. The largest absolute Gasteiger partial charge is 0.469 e. The summed E-state index contributed by atoms with van der Waals surface area (Å²) in [4.78, 5) is 34.8. The van der Waals surface area contributed by atoms with Gasteiger partial charge >= 0.3 is 5.97 Å². The lowest BCUT2D eigenvalue weighted by Crippen LogP contribution is -2.13. The highest BCUT2D eigenvalue weighted by atomic mass is 32.2. The predicted molar refractivity (Wildman–Crippen MR) is 112 cm³/mol. The van der Waals surface area contributed by atoms with Gasteiger partial charge in [-0.05, 0) is 11.5 Å². The molecular weight excluding hydrogens is 394 g/mol. The molecule has 146 valence electrons. The first-order valence-corrected chi connectivity index (χ1v) is 10.7. The zero-order valence-corrected chi connectivity index (χ0v) is 17.5. The molecule has 8 heteroatoms. The Bertz CT molecular complexity index is 1010. The minimum atomic E-state index is -0.429. The topological polar surface area (TPSA) is 84.9 Å². The number of rotatable bonds is 7. The highest BCUT2D eigenvalue weighted by molar-refractivity contribution is 7.98. The van der Waals surface area contributed by atoms with Crippen LogP contribution in [-0.4, -0.2) is 28.0 Å². The average molecular weight is 416 g/mol. The number of carbonyl (C=O) groups excluding carboxylic acids is 1. The van der Waals surface area contributed by atoms with E-state index in [1.807, 2.05) is 5.38 Å². The molecule has 0 saturated heterocycles. The Morgan fingerprint density at radius 2 is 1.96 bits per heavy atom. The van der Waals surface area contributed by atoms with Crippen LogP contribution in [0.3, 0.4) is 0 Å². The molecule has 0 aliphatic carbocycles. The van der Waals surface area contributed by atoms with Crippen LogP contribution in [0.1, 0.15) is 36.7 Å². The number of nitrogens with zero attached hydrogens (tertiary/aromatic N) is 2. The molecule has 1 aromatic carbocycles. The van der Waals surface area contributed by atoms with Crippen LogP contribution in [0.5, 0.6) is 0 Å². The average Bonchev–Trinajstić information content (AvgIpc) is 3.15. The Labute approximate surface area is 171 Å². The van der Waals surface area contributed by atoms with Gasteiger partial charge in [-0.1, -0.05) is 49.9 Å². The van der Waals surface area contributed by atoms with Crippen LogP contribution in [0.2, 0.25) is 0 Å². The number of aromatic nitrogens is 3. The molecule has 0 saturated carbocycles. The number of carbonyl (C=O) groups is 1. The number of thioether (sulfide) groups is 1. The number of hydrogen-bond acceptors (Lipinski definition) is 7. The number of nitrogens with one attached hydrogen (secondary N) is 1. The van der Waals surface area contributed by atoms with Crippen LogP contribution in [0.4, 0.5) is 0 Å². The fraction of sp³-hybridized carbons (Fsp3) is 0.300. The number of hydrogen-bond donors (Lipinski definition) is 1. The molecule has 2 heterocycles. The van der Waals surface area contributed by atoms with Gasteiger partial charge in [0.15, 0.2) is 5.16 Å². The maximum absolute atomic E-state index is 11.8. The molecule has 2 aromatic heterocycles. The Morgan fingerprint density at radius 3 is 2.64 bits per heavy atom. The van der Waals surface area contributed by atoms with E-state index in [1.54, 1.807) is 11.3 Å². The third-order valence-corrected chi connectivity index (χ3v) is 5.91. The van der Waals surface area contributed by atoms with E-state index in [4.69, 9.17) is 0 Å². The second-order valence-corrected chi connectivity index (χ2v) is 8.33. The summed E-state index contributed by atoms with van der Waals surface area (Å²) in [5, 5.41) is 3.43. The second kappa shape index (κ2) is 9.16. The third kappa shape index (κ3) is 5.30. The van der Waals surface area contributed by atoms with Gasteiger partial charge in [0, 0.05) is 22.8 Å². The molecule has 0 spiro atoms. The Hall–Kier alpha value is -2.45. The molecule has 0 aliphatic heterocycles. The van der Waals surface area contributed by atoms with E-state index in [-0.39, 0.29) is 12.0 Å². The number of benzene rings is 1. The molecule has 3 aromatic rings. The number of methoxy groups -OCH3 is 1. The first-order chi connectivity index (χ1) is 13.4. The van der Waals surface area contributed by atoms with E-state index in [2.05, 4.69) is 57.8 Å². The van der Waals surface area contributed by atoms with E-state index in [0.29, 0.717) is 22.5 Å². The van der Waals surface area contributed by atoms with E-state index in [0.717, 1.165) is 16.3 Å². The first-order valence-electron chi connectivity index (χ1n) is 8.79. The van der Waals surface area contributed by atoms with Crippen LogP contribution in [0.15, 0.2) is 45.7 Å². The molecule has 0 unspecified atom stereocenters. The van der Waals surface area contributed by atoms with Crippen molar-refractivity contribution >= 4 is 29.1 Å². The van der Waals surface area contributed by atoms with Gasteiger partial charge in [-0.25, -0.2) is 9.97 Å². The summed E-state index contributed by atoms with van der Waals surface area (Å²) in [6.07, 6.45) is -0.0266. The van der Waals surface area contributed by atoms with Crippen molar-refractivity contribution in [2.75, 3.05) is 7.11 Å². The van der Waals surface area contributed by atoms with Crippen molar-refractivity contribution in [2.24, 2.45) is 0 Å². The molecule has 6 nitrogen and oxygen atoms in total. The van der Waals surface area contributed by atoms with Crippen molar-refractivity contribution in [2.45, 2.75) is 37.1 Å². The number of H-pyrrole nitrogens is 1. The molecule has 3 rings (SSSR count). The smallest absolute Gasteiger partial charge is 0.311 e. The van der Waals surface area contributed by atoms with Gasteiger partial charge in [0.05, 0.1) is 24.9 Å². The molecule has 0 radical (unpaired) electrons. The zero-order valence-electron chi connectivity index (χ0n) is 15.9. The van der Waals surface area contributed by atoms with E-state index < -0.39 is 5.97 Å². The highest BCUT2D eigenvalue weighted by Crippen LogP contribution is 2.28. The monoisotopic (exact) mass is 415 g/mol. The van der Waals surface area contributed by atoms with Crippen LogP contribution < -0.4 is 5.56 Å².